The first kappa shape index (κ1) is 21.5. The Morgan fingerprint density at radius 1 is 1.19 bits per heavy atom. The summed E-state index contributed by atoms with van der Waals surface area (Å²) in [5, 5.41) is 7.23. The van der Waals surface area contributed by atoms with Crippen molar-refractivity contribution in [3.63, 3.8) is 0 Å². The zero-order valence-electron chi connectivity index (χ0n) is 17.3. The summed E-state index contributed by atoms with van der Waals surface area (Å²) in [5.41, 5.74) is 2.22. The minimum absolute atomic E-state index is 0.0482. The maximum Gasteiger partial charge on any atom is 0.144 e. The number of nitrogens with zero attached hydrogens (tertiary/aromatic N) is 3. The topological polar surface area (TPSA) is 71.5 Å². The Balaban J connectivity index is 1.48. The van der Waals surface area contributed by atoms with E-state index in [4.69, 9.17) is 21.1 Å². The largest absolute Gasteiger partial charge is 0.491 e. The molecule has 2 aromatic carbocycles. The van der Waals surface area contributed by atoms with Gasteiger partial charge >= 0.3 is 0 Å². The van der Waals surface area contributed by atoms with Gasteiger partial charge in [0.25, 0.3) is 0 Å². The lowest BCUT2D eigenvalue weighted by molar-refractivity contribution is 0.0358. The fraction of sp³-hybridized carbons (Fsp3) is 0.364. The van der Waals surface area contributed by atoms with Crippen LogP contribution in [0, 0.1) is 5.82 Å². The van der Waals surface area contributed by atoms with Crippen LogP contribution in [0.4, 0.5) is 21.6 Å². The fourth-order valence-corrected chi connectivity index (χ4v) is 3.68. The molecule has 0 aliphatic carbocycles. The van der Waals surface area contributed by atoms with E-state index in [0.29, 0.717) is 18.1 Å². The normalized spacial score (nSPS) is 14.5. The molecular weight excluding hydrogens is 421 g/mol. The van der Waals surface area contributed by atoms with E-state index >= 15 is 0 Å². The van der Waals surface area contributed by atoms with Gasteiger partial charge in [-0.15, -0.1) is 0 Å². The average Bonchev–Trinajstić information content (AvgIpc) is 2.79. The lowest BCUT2D eigenvalue weighted by Crippen LogP contribution is -2.37. The Kier molecular flexibility index (Phi) is 7.01. The second kappa shape index (κ2) is 10.1. The van der Waals surface area contributed by atoms with E-state index in [1.807, 2.05) is 19.2 Å². The molecule has 1 aliphatic heterocycles. The van der Waals surface area contributed by atoms with Crippen LogP contribution in [-0.4, -0.2) is 61.4 Å². The molecule has 0 radical (unpaired) electrons. The maximum atomic E-state index is 13.5. The monoisotopic (exact) mass is 445 g/mol. The predicted octanol–water partition coefficient (Wildman–Crippen LogP) is 4.31. The zero-order valence-corrected chi connectivity index (χ0v) is 18.1. The molecule has 0 bridgehead atoms. The van der Waals surface area contributed by atoms with E-state index in [9.17, 15) is 4.39 Å². The molecule has 1 fully saturated rings. The number of fused-ring (bicyclic) bond motifs is 1. The van der Waals surface area contributed by atoms with Crippen LogP contribution in [0.25, 0.3) is 10.9 Å². The van der Waals surface area contributed by atoms with Crippen LogP contribution in [0.5, 0.6) is 5.75 Å². The number of benzene rings is 2. The SMILES string of the molecule is CNc1cc2c(Nc3ccc(F)c(Cl)c3)ncnc2cc1OCCCN1CCOCC1. The summed E-state index contributed by atoms with van der Waals surface area (Å²) in [6.07, 6.45) is 2.42. The number of hydrogen-bond acceptors (Lipinski definition) is 7. The van der Waals surface area contributed by atoms with Crippen LogP contribution in [-0.2, 0) is 4.74 Å². The highest BCUT2D eigenvalue weighted by Crippen LogP contribution is 2.33. The van der Waals surface area contributed by atoms with E-state index in [0.717, 1.165) is 61.6 Å². The second-order valence-corrected chi connectivity index (χ2v) is 7.65. The number of nitrogens with one attached hydrogen (secondary N) is 2. The van der Waals surface area contributed by atoms with E-state index < -0.39 is 5.82 Å². The van der Waals surface area contributed by atoms with Gasteiger partial charge in [-0.3, -0.25) is 4.90 Å². The standard InChI is InChI=1S/C22H25ClFN5O2/c1-25-20-12-16-19(13-21(20)31-8-2-5-29-6-9-30-10-7-29)26-14-27-22(16)28-15-3-4-18(24)17(23)11-15/h3-4,11-14,25H,2,5-10H2,1H3,(H,26,27,28). The Labute approximate surface area is 185 Å². The zero-order chi connectivity index (χ0) is 21.6. The van der Waals surface area contributed by atoms with Gasteiger partial charge in [-0.25, -0.2) is 14.4 Å². The first-order valence-electron chi connectivity index (χ1n) is 10.3. The van der Waals surface area contributed by atoms with E-state index in [2.05, 4.69) is 25.5 Å². The molecule has 7 nitrogen and oxygen atoms in total. The summed E-state index contributed by atoms with van der Waals surface area (Å²) in [5.74, 6) is 0.877. The third-order valence-electron chi connectivity index (χ3n) is 5.17. The molecule has 31 heavy (non-hydrogen) atoms. The molecule has 0 saturated carbocycles. The minimum atomic E-state index is -0.465. The van der Waals surface area contributed by atoms with Crippen LogP contribution in [0.3, 0.4) is 0 Å². The second-order valence-electron chi connectivity index (χ2n) is 7.25. The lowest BCUT2D eigenvalue weighted by atomic mass is 10.2. The molecule has 2 heterocycles. The number of halogens is 2. The molecular formula is C22H25ClFN5O2. The number of anilines is 3. The van der Waals surface area contributed by atoms with Crippen molar-refractivity contribution < 1.29 is 13.9 Å². The van der Waals surface area contributed by atoms with Crippen molar-refractivity contribution in [2.45, 2.75) is 6.42 Å². The number of aromatic nitrogens is 2. The summed E-state index contributed by atoms with van der Waals surface area (Å²) in [6.45, 7) is 5.16. The highest BCUT2D eigenvalue weighted by atomic mass is 35.5. The molecule has 0 unspecified atom stereocenters. The maximum absolute atomic E-state index is 13.5. The number of morpholine rings is 1. The average molecular weight is 446 g/mol. The summed E-state index contributed by atoms with van der Waals surface area (Å²) in [4.78, 5) is 11.1. The van der Waals surface area contributed by atoms with Crippen molar-refractivity contribution in [2.24, 2.45) is 0 Å². The predicted molar refractivity (Wildman–Crippen MR) is 121 cm³/mol. The van der Waals surface area contributed by atoms with E-state index in [1.165, 1.54) is 18.5 Å². The van der Waals surface area contributed by atoms with Crippen LogP contribution in [0.15, 0.2) is 36.7 Å². The molecule has 0 spiro atoms. The van der Waals surface area contributed by atoms with Crippen LogP contribution < -0.4 is 15.4 Å². The summed E-state index contributed by atoms with van der Waals surface area (Å²) in [6, 6.07) is 8.30. The molecule has 1 saturated heterocycles. The van der Waals surface area contributed by atoms with Crippen molar-refractivity contribution in [1.82, 2.24) is 14.9 Å². The van der Waals surface area contributed by atoms with Gasteiger partial charge in [0.15, 0.2) is 0 Å². The van der Waals surface area contributed by atoms with Crippen LogP contribution >= 0.6 is 11.6 Å². The van der Waals surface area contributed by atoms with E-state index in [-0.39, 0.29) is 5.02 Å². The van der Waals surface area contributed by atoms with Crippen molar-refractivity contribution in [1.29, 1.82) is 0 Å². The first-order valence-corrected chi connectivity index (χ1v) is 10.6. The quantitative estimate of drug-likeness (QED) is 0.500. The Morgan fingerprint density at radius 2 is 2.03 bits per heavy atom. The van der Waals surface area contributed by atoms with Crippen molar-refractivity contribution >= 4 is 39.7 Å². The number of rotatable bonds is 8. The molecule has 0 amide bonds. The highest BCUT2D eigenvalue weighted by Gasteiger charge is 2.13. The molecule has 4 rings (SSSR count). The summed E-state index contributed by atoms with van der Waals surface area (Å²) >= 11 is 5.89. The van der Waals surface area contributed by atoms with Gasteiger partial charge in [0, 0.05) is 43.8 Å². The third-order valence-corrected chi connectivity index (χ3v) is 5.46. The van der Waals surface area contributed by atoms with E-state index in [1.54, 1.807) is 6.07 Å². The minimum Gasteiger partial charge on any atom is -0.491 e. The molecule has 1 aliphatic rings. The van der Waals surface area contributed by atoms with Gasteiger partial charge in [-0.05, 0) is 30.7 Å². The lowest BCUT2D eigenvalue weighted by Gasteiger charge is -2.26. The van der Waals surface area contributed by atoms with Crippen molar-refractivity contribution in [3.05, 3.63) is 47.5 Å². The smallest absolute Gasteiger partial charge is 0.144 e. The van der Waals surface area contributed by atoms with Gasteiger partial charge in [-0.2, -0.15) is 0 Å². The molecule has 0 atom stereocenters. The summed E-state index contributed by atoms with van der Waals surface area (Å²) < 4.78 is 24.9. The Bertz CT molecular complexity index is 1050. The molecule has 164 valence electrons. The van der Waals surface area contributed by atoms with Gasteiger partial charge in [0.2, 0.25) is 0 Å². The van der Waals surface area contributed by atoms with Gasteiger partial charge < -0.3 is 20.1 Å². The van der Waals surface area contributed by atoms with Gasteiger partial charge in [-0.1, -0.05) is 11.6 Å². The number of ether oxygens (including phenoxy) is 2. The summed E-state index contributed by atoms with van der Waals surface area (Å²) in [7, 11) is 1.85. The van der Waals surface area contributed by atoms with Gasteiger partial charge in [0.05, 0.1) is 36.0 Å². The van der Waals surface area contributed by atoms with Crippen LogP contribution in [0.2, 0.25) is 5.02 Å². The first-order chi connectivity index (χ1) is 15.1. The molecule has 2 N–H and O–H groups in total. The molecule has 9 heteroatoms. The number of hydrogen-bond donors (Lipinski definition) is 2. The third kappa shape index (κ3) is 5.33. The van der Waals surface area contributed by atoms with Crippen molar-refractivity contribution in [2.75, 3.05) is 57.1 Å². The Hall–Kier alpha value is -2.68. The van der Waals surface area contributed by atoms with Crippen LogP contribution in [0.1, 0.15) is 6.42 Å². The highest BCUT2D eigenvalue weighted by molar-refractivity contribution is 6.31. The molecule has 3 aromatic rings. The fourth-order valence-electron chi connectivity index (χ4n) is 3.50. The Morgan fingerprint density at radius 3 is 2.81 bits per heavy atom. The van der Waals surface area contributed by atoms with Crippen molar-refractivity contribution in [3.8, 4) is 5.75 Å². The van der Waals surface area contributed by atoms with Gasteiger partial charge in [0.1, 0.15) is 23.7 Å². The molecule has 1 aromatic heterocycles.